The highest BCUT2D eigenvalue weighted by atomic mass is 35.5. The van der Waals surface area contributed by atoms with Crippen LogP contribution in [0.15, 0.2) is 17.4 Å². The minimum absolute atomic E-state index is 0. The molecule has 7 nitrogen and oxygen atoms in total. The first kappa shape index (κ1) is 15.2. The Hall–Kier alpha value is -0.860. The molecule has 1 saturated heterocycles. The number of ether oxygens (including phenoxy) is 2. The Bertz CT molecular complexity index is 303. The van der Waals surface area contributed by atoms with Gasteiger partial charge in [-0.1, -0.05) is 0 Å². The lowest BCUT2D eigenvalue weighted by Gasteiger charge is -2.38. The maximum Gasteiger partial charge on any atom is 0.172 e. The zero-order chi connectivity index (χ0) is 12.1. The summed E-state index contributed by atoms with van der Waals surface area (Å²) >= 11 is 0. The van der Waals surface area contributed by atoms with Crippen molar-refractivity contribution in [1.29, 1.82) is 0 Å². The third-order valence-electron chi connectivity index (χ3n) is 2.70. The molecule has 1 fully saturated rings. The fraction of sp³-hybridized carbons (Fsp3) is 0.700. The van der Waals surface area contributed by atoms with Crippen LogP contribution < -0.4 is 5.43 Å². The third-order valence-corrected chi connectivity index (χ3v) is 2.70. The molecule has 2 heterocycles. The van der Waals surface area contributed by atoms with Crippen LogP contribution >= 0.6 is 12.4 Å². The van der Waals surface area contributed by atoms with Crippen molar-refractivity contribution in [3.05, 3.63) is 12.3 Å². The van der Waals surface area contributed by atoms with Crippen molar-refractivity contribution >= 4 is 18.6 Å². The fourth-order valence-electron chi connectivity index (χ4n) is 1.78. The summed E-state index contributed by atoms with van der Waals surface area (Å²) in [7, 11) is 3.28. The van der Waals surface area contributed by atoms with Crippen LogP contribution in [0.1, 0.15) is 0 Å². The monoisotopic (exact) mass is 278 g/mol. The molecule has 2 aliphatic heterocycles. The molecule has 0 aliphatic carbocycles. The first-order chi connectivity index (χ1) is 8.33. The van der Waals surface area contributed by atoms with Gasteiger partial charge in [0, 0.05) is 13.3 Å². The SMILES string of the molecule is COC1CN(OC)C(CN2N=CC=CN2)CO1.Cl. The minimum atomic E-state index is -0.232. The van der Waals surface area contributed by atoms with E-state index in [0.29, 0.717) is 19.7 Å². The van der Waals surface area contributed by atoms with E-state index >= 15 is 0 Å². The van der Waals surface area contributed by atoms with Crippen LogP contribution in [-0.4, -0.2) is 62.6 Å². The summed E-state index contributed by atoms with van der Waals surface area (Å²) in [6.07, 6.45) is 5.16. The van der Waals surface area contributed by atoms with Crippen LogP contribution in [0, 0.1) is 0 Å². The van der Waals surface area contributed by atoms with E-state index in [1.165, 1.54) is 0 Å². The zero-order valence-corrected chi connectivity index (χ0v) is 11.3. The molecular weight excluding hydrogens is 260 g/mol. The van der Waals surface area contributed by atoms with Crippen LogP contribution in [0.2, 0.25) is 0 Å². The molecule has 2 rings (SSSR count). The number of methoxy groups -OCH3 is 1. The Morgan fingerprint density at radius 2 is 2.33 bits per heavy atom. The Balaban J connectivity index is 0.00000162. The number of halogens is 1. The molecule has 0 aromatic heterocycles. The Kier molecular flexibility index (Phi) is 6.37. The number of nitrogens with one attached hydrogen (secondary N) is 1. The summed E-state index contributed by atoms with van der Waals surface area (Å²) in [5.74, 6) is 0. The van der Waals surface area contributed by atoms with Gasteiger partial charge in [0.1, 0.15) is 0 Å². The summed E-state index contributed by atoms with van der Waals surface area (Å²) in [6, 6.07) is 0.113. The molecular formula is C10H19ClN4O3. The van der Waals surface area contributed by atoms with Gasteiger partial charge in [-0.3, -0.25) is 5.43 Å². The van der Waals surface area contributed by atoms with Crippen molar-refractivity contribution in [3.63, 3.8) is 0 Å². The van der Waals surface area contributed by atoms with Gasteiger partial charge in [0.25, 0.3) is 0 Å². The topological polar surface area (TPSA) is 58.6 Å². The molecule has 0 aromatic rings. The van der Waals surface area contributed by atoms with Gasteiger partial charge in [-0.05, 0) is 6.08 Å². The number of hydrogen-bond donors (Lipinski definition) is 1. The van der Waals surface area contributed by atoms with Crippen molar-refractivity contribution < 1.29 is 14.3 Å². The Labute approximate surface area is 113 Å². The first-order valence-electron chi connectivity index (χ1n) is 5.51. The summed E-state index contributed by atoms with van der Waals surface area (Å²) < 4.78 is 10.7. The van der Waals surface area contributed by atoms with Crippen molar-refractivity contribution in [2.45, 2.75) is 12.3 Å². The van der Waals surface area contributed by atoms with Crippen LogP contribution in [0.25, 0.3) is 0 Å². The molecule has 0 radical (unpaired) electrons. The average molecular weight is 279 g/mol. The van der Waals surface area contributed by atoms with Crippen molar-refractivity contribution in [2.24, 2.45) is 5.10 Å². The lowest BCUT2D eigenvalue weighted by molar-refractivity contribution is -0.273. The van der Waals surface area contributed by atoms with Gasteiger partial charge in [0.2, 0.25) is 0 Å². The Morgan fingerprint density at radius 3 is 2.94 bits per heavy atom. The van der Waals surface area contributed by atoms with Gasteiger partial charge in [-0.2, -0.15) is 10.2 Å². The number of nitrogens with zero attached hydrogens (tertiary/aromatic N) is 3. The fourth-order valence-corrected chi connectivity index (χ4v) is 1.78. The van der Waals surface area contributed by atoms with E-state index in [4.69, 9.17) is 14.3 Å². The molecule has 0 amide bonds. The van der Waals surface area contributed by atoms with E-state index in [1.54, 1.807) is 25.6 Å². The molecule has 1 N–H and O–H groups in total. The lowest BCUT2D eigenvalue weighted by atomic mass is 10.2. The number of hydrazine groups is 1. The number of rotatable bonds is 4. The van der Waals surface area contributed by atoms with Gasteiger partial charge in [0.05, 0.1) is 39.1 Å². The zero-order valence-electron chi connectivity index (χ0n) is 10.5. The second-order valence-corrected chi connectivity index (χ2v) is 3.77. The lowest BCUT2D eigenvalue weighted by Crippen LogP contribution is -2.54. The summed E-state index contributed by atoms with van der Waals surface area (Å²) in [5.41, 5.74) is 3.02. The number of hydroxylamine groups is 2. The second-order valence-electron chi connectivity index (χ2n) is 3.77. The van der Waals surface area contributed by atoms with Crippen molar-refractivity contribution in [3.8, 4) is 0 Å². The number of hydrazone groups is 1. The van der Waals surface area contributed by atoms with Crippen molar-refractivity contribution in [2.75, 3.05) is 33.9 Å². The van der Waals surface area contributed by atoms with E-state index in [1.807, 2.05) is 17.3 Å². The van der Waals surface area contributed by atoms with Gasteiger partial charge in [0.15, 0.2) is 6.29 Å². The molecule has 0 aromatic carbocycles. The molecule has 104 valence electrons. The summed E-state index contributed by atoms with van der Waals surface area (Å²) in [6.45, 7) is 1.81. The smallest absolute Gasteiger partial charge is 0.172 e. The average Bonchev–Trinajstić information content (AvgIpc) is 2.40. The molecule has 18 heavy (non-hydrogen) atoms. The number of hydrogen-bond acceptors (Lipinski definition) is 7. The third kappa shape index (κ3) is 3.82. The maximum absolute atomic E-state index is 5.55. The van der Waals surface area contributed by atoms with E-state index in [-0.39, 0.29) is 24.7 Å². The summed E-state index contributed by atoms with van der Waals surface area (Å²) in [5, 5.41) is 7.77. The van der Waals surface area contributed by atoms with Crippen LogP contribution in [0.5, 0.6) is 0 Å². The predicted molar refractivity (Wildman–Crippen MR) is 69.0 cm³/mol. The van der Waals surface area contributed by atoms with Crippen LogP contribution in [0.3, 0.4) is 0 Å². The van der Waals surface area contributed by atoms with E-state index in [2.05, 4.69) is 10.5 Å². The molecule has 0 bridgehead atoms. The van der Waals surface area contributed by atoms with E-state index in [0.717, 1.165) is 0 Å². The molecule has 8 heteroatoms. The maximum atomic E-state index is 5.55. The molecule has 2 atom stereocenters. The molecule has 0 saturated carbocycles. The standard InChI is InChI=1S/C10H18N4O3.ClH/c1-15-10-7-13(16-2)9(8-17-10)6-14-11-4-3-5-12-14;/h3-5,9-11H,6-8H2,1-2H3;1H. The highest BCUT2D eigenvalue weighted by Gasteiger charge is 2.30. The number of morpholine rings is 1. The first-order valence-corrected chi connectivity index (χ1v) is 5.51. The highest BCUT2D eigenvalue weighted by molar-refractivity contribution is 5.85. The van der Waals surface area contributed by atoms with Gasteiger partial charge in [-0.25, -0.2) is 5.12 Å². The van der Waals surface area contributed by atoms with Gasteiger partial charge < -0.3 is 14.3 Å². The van der Waals surface area contributed by atoms with E-state index < -0.39 is 0 Å². The molecule has 2 unspecified atom stereocenters. The van der Waals surface area contributed by atoms with E-state index in [9.17, 15) is 0 Å². The molecule has 0 spiro atoms. The molecule has 2 aliphatic rings. The number of allylic oxidation sites excluding steroid dienone is 1. The Morgan fingerprint density at radius 1 is 1.50 bits per heavy atom. The van der Waals surface area contributed by atoms with Gasteiger partial charge >= 0.3 is 0 Å². The van der Waals surface area contributed by atoms with Crippen LogP contribution in [-0.2, 0) is 14.3 Å². The quantitative estimate of drug-likeness (QED) is 0.779. The highest BCUT2D eigenvalue weighted by Crippen LogP contribution is 2.13. The van der Waals surface area contributed by atoms with Crippen LogP contribution in [0.4, 0.5) is 0 Å². The normalized spacial score (nSPS) is 27.8. The van der Waals surface area contributed by atoms with Crippen molar-refractivity contribution in [1.82, 2.24) is 15.6 Å². The predicted octanol–water partition coefficient (Wildman–Crippen LogP) is -0.0374. The van der Waals surface area contributed by atoms with Gasteiger partial charge in [-0.15, -0.1) is 12.4 Å². The summed E-state index contributed by atoms with van der Waals surface area (Å²) in [4.78, 5) is 5.33. The second kappa shape index (κ2) is 7.55. The minimum Gasteiger partial charge on any atom is -0.354 e. The largest absolute Gasteiger partial charge is 0.354 e.